The fraction of sp³-hybridized carbons (Fsp3) is 0.222. The Balaban J connectivity index is 1.27. The van der Waals surface area contributed by atoms with Crippen LogP contribution in [0.5, 0.6) is 17.2 Å². The Kier molecular flexibility index (Phi) is 12.3. The molecule has 1 aliphatic rings. The first kappa shape index (κ1) is 42.3. The minimum absolute atomic E-state index is 0.0629. The maximum atomic E-state index is 12.6. The Labute approximate surface area is 360 Å². The summed E-state index contributed by atoms with van der Waals surface area (Å²) in [5.41, 5.74) is 11.5. The summed E-state index contributed by atoms with van der Waals surface area (Å²) in [5.74, 6) is 0.00638. The Bertz CT molecular complexity index is 2390. The second kappa shape index (κ2) is 17.8. The molecule has 6 aromatic rings. The predicted octanol–water partition coefficient (Wildman–Crippen LogP) is 13.7. The van der Waals surface area contributed by atoms with Crippen molar-refractivity contribution >= 4 is 46.1 Å². The quantitative estimate of drug-likeness (QED) is 0.0749. The Morgan fingerprint density at radius 3 is 1.34 bits per heavy atom. The van der Waals surface area contributed by atoms with Crippen LogP contribution in [0.15, 0.2) is 158 Å². The number of benzene rings is 6. The molecular formula is C54H54N2O5. The molecule has 7 nitrogen and oxygen atoms in total. The molecule has 6 aromatic carbocycles. The van der Waals surface area contributed by atoms with Crippen molar-refractivity contribution in [2.24, 2.45) is 5.92 Å². The van der Waals surface area contributed by atoms with E-state index >= 15 is 0 Å². The zero-order chi connectivity index (χ0) is 43.4. The molecule has 7 heteroatoms. The lowest BCUT2D eigenvalue weighted by atomic mass is 9.63. The molecule has 310 valence electrons. The summed E-state index contributed by atoms with van der Waals surface area (Å²) in [6.45, 7) is 19.1. The van der Waals surface area contributed by atoms with E-state index in [2.05, 4.69) is 147 Å². The number of nitrogens with zero attached hydrogens (tertiary/aromatic N) is 2. The van der Waals surface area contributed by atoms with Gasteiger partial charge in [0.15, 0.2) is 11.5 Å². The second-order valence-electron chi connectivity index (χ2n) is 16.6. The maximum absolute atomic E-state index is 12.6. The summed E-state index contributed by atoms with van der Waals surface area (Å²) in [5, 5.41) is 10.7. The molecule has 1 aliphatic carbocycles. The van der Waals surface area contributed by atoms with E-state index in [1.54, 1.807) is 26.0 Å². The van der Waals surface area contributed by atoms with Crippen molar-refractivity contribution in [3.63, 3.8) is 0 Å². The van der Waals surface area contributed by atoms with Gasteiger partial charge in [-0.2, -0.15) is 0 Å². The lowest BCUT2D eigenvalue weighted by molar-refractivity contribution is -0.131. The van der Waals surface area contributed by atoms with Crippen LogP contribution in [0.25, 0.3) is 0 Å². The number of hydrogen-bond donors (Lipinski definition) is 1. The van der Waals surface area contributed by atoms with E-state index in [4.69, 9.17) is 9.47 Å². The zero-order valence-corrected chi connectivity index (χ0v) is 36.0. The van der Waals surface area contributed by atoms with Gasteiger partial charge >= 0.3 is 11.9 Å². The van der Waals surface area contributed by atoms with Crippen LogP contribution in [0, 0.1) is 26.7 Å². The summed E-state index contributed by atoms with van der Waals surface area (Å²) >= 11 is 0. The van der Waals surface area contributed by atoms with Crippen molar-refractivity contribution in [3.05, 3.63) is 186 Å². The van der Waals surface area contributed by atoms with Crippen molar-refractivity contribution in [2.45, 2.75) is 72.6 Å². The standard InChI is InChI=1S/C54H54N2O5/c1-35(2)52(58)60-50-33-47(22-13-40(50)8)55(43-18-9-37(5)10-19-43)45-23-14-41(15-24-45)54(31-29-39(7)30-32-54)42-16-25-46(26-17-42)56(44-20-11-38(6)12-21-44)48-27-28-49(57)51(34-48)61-53(59)36(3)4/h9-28,33-34,39,57H,1,3,29-32H2,2,4-8H3. The molecule has 0 amide bonds. The van der Waals surface area contributed by atoms with Gasteiger partial charge in [0, 0.05) is 57.1 Å². The number of phenolic OH excluding ortho intramolecular Hbond substituents is 1. The van der Waals surface area contributed by atoms with Gasteiger partial charge in [-0.25, -0.2) is 9.59 Å². The monoisotopic (exact) mass is 810 g/mol. The van der Waals surface area contributed by atoms with E-state index in [-0.39, 0.29) is 22.5 Å². The molecule has 1 N–H and O–H groups in total. The summed E-state index contributed by atoms with van der Waals surface area (Å²) in [6.07, 6.45) is 4.26. The van der Waals surface area contributed by atoms with Crippen molar-refractivity contribution in [2.75, 3.05) is 9.80 Å². The number of ether oxygens (including phenoxy) is 2. The normalized spacial score (nSPS) is 16.0. The molecule has 1 saturated carbocycles. The molecule has 0 saturated heterocycles. The van der Waals surface area contributed by atoms with E-state index in [1.165, 1.54) is 11.1 Å². The van der Waals surface area contributed by atoms with Crippen LogP contribution >= 0.6 is 0 Å². The van der Waals surface area contributed by atoms with Crippen LogP contribution in [0.2, 0.25) is 0 Å². The van der Waals surface area contributed by atoms with Crippen molar-refractivity contribution in [1.29, 1.82) is 0 Å². The Morgan fingerprint density at radius 2 is 0.918 bits per heavy atom. The summed E-state index contributed by atoms with van der Waals surface area (Å²) in [4.78, 5) is 29.4. The van der Waals surface area contributed by atoms with Crippen molar-refractivity contribution in [1.82, 2.24) is 0 Å². The smallest absolute Gasteiger partial charge is 0.338 e. The number of hydrogen-bond acceptors (Lipinski definition) is 7. The second-order valence-corrected chi connectivity index (χ2v) is 16.6. The van der Waals surface area contributed by atoms with E-state index < -0.39 is 11.9 Å². The molecule has 0 bridgehead atoms. The number of anilines is 6. The minimum Gasteiger partial charge on any atom is -0.504 e. The molecule has 7 rings (SSSR count). The van der Waals surface area contributed by atoms with Gasteiger partial charge in [-0.3, -0.25) is 0 Å². The maximum Gasteiger partial charge on any atom is 0.338 e. The highest BCUT2D eigenvalue weighted by atomic mass is 16.5. The minimum atomic E-state index is -0.604. The van der Waals surface area contributed by atoms with Gasteiger partial charge in [0.05, 0.1) is 5.69 Å². The SMILES string of the molecule is C=C(C)C(=O)Oc1cc(N(c2ccc(C)cc2)c2ccc(C3(c4ccc(N(c5ccc(C)cc5)c5ccc(O)c(OC(=O)C(=C)C)c5)cc4)CCC(C)CC3)cc2)ccc1C. The summed E-state index contributed by atoms with van der Waals surface area (Å²) < 4.78 is 11.3. The lowest BCUT2D eigenvalue weighted by Crippen LogP contribution is -2.32. The van der Waals surface area contributed by atoms with Crippen molar-refractivity contribution in [3.8, 4) is 17.2 Å². The number of carbonyl (C=O) groups excluding carboxylic acids is 2. The van der Waals surface area contributed by atoms with Crippen LogP contribution in [0.1, 0.15) is 74.3 Å². The molecule has 0 atom stereocenters. The molecule has 0 aliphatic heterocycles. The van der Waals surface area contributed by atoms with E-state index in [0.29, 0.717) is 17.2 Å². The van der Waals surface area contributed by atoms with E-state index in [1.807, 2.05) is 25.1 Å². The largest absolute Gasteiger partial charge is 0.504 e. The highest BCUT2D eigenvalue weighted by Gasteiger charge is 2.38. The van der Waals surface area contributed by atoms with Gasteiger partial charge in [-0.1, -0.05) is 85.8 Å². The van der Waals surface area contributed by atoms with Crippen LogP contribution in [0.3, 0.4) is 0 Å². The van der Waals surface area contributed by atoms with Gasteiger partial charge in [0.25, 0.3) is 0 Å². The molecular weight excluding hydrogens is 757 g/mol. The fourth-order valence-electron chi connectivity index (χ4n) is 8.08. The van der Waals surface area contributed by atoms with Crippen LogP contribution in [-0.2, 0) is 15.0 Å². The average Bonchev–Trinajstić information content (AvgIpc) is 3.25. The first-order valence-electron chi connectivity index (χ1n) is 20.9. The first-order chi connectivity index (χ1) is 29.2. The number of phenols is 1. The average molecular weight is 811 g/mol. The van der Waals surface area contributed by atoms with Crippen LogP contribution in [0.4, 0.5) is 34.1 Å². The first-order valence-corrected chi connectivity index (χ1v) is 20.9. The molecule has 0 unspecified atom stereocenters. The van der Waals surface area contributed by atoms with Gasteiger partial charge in [-0.15, -0.1) is 0 Å². The molecule has 1 fully saturated rings. The lowest BCUT2D eigenvalue weighted by Gasteiger charge is -2.41. The third-order valence-corrected chi connectivity index (χ3v) is 11.8. The fourth-order valence-corrected chi connectivity index (χ4v) is 8.08. The van der Waals surface area contributed by atoms with Crippen LogP contribution < -0.4 is 19.3 Å². The third kappa shape index (κ3) is 9.17. The zero-order valence-electron chi connectivity index (χ0n) is 36.0. The highest BCUT2D eigenvalue weighted by Crippen LogP contribution is 2.49. The molecule has 0 aromatic heterocycles. The summed E-state index contributed by atoms with van der Waals surface area (Å²) in [7, 11) is 0. The topological polar surface area (TPSA) is 79.3 Å². The number of aryl methyl sites for hydroxylation is 3. The molecule has 0 spiro atoms. The molecule has 0 radical (unpaired) electrons. The Morgan fingerprint density at radius 1 is 0.557 bits per heavy atom. The Hall–Kier alpha value is -6.86. The number of carbonyl (C=O) groups is 2. The number of esters is 2. The predicted molar refractivity (Wildman–Crippen MR) is 247 cm³/mol. The van der Waals surface area contributed by atoms with E-state index in [9.17, 15) is 14.7 Å². The number of aromatic hydroxyl groups is 1. The third-order valence-electron chi connectivity index (χ3n) is 11.8. The van der Waals surface area contributed by atoms with Crippen LogP contribution in [-0.4, -0.2) is 17.0 Å². The van der Waals surface area contributed by atoms with Gasteiger partial charge in [0.1, 0.15) is 5.75 Å². The molecule has 0 heterocycles. The molecule has 61 heavy (non-hydrogen) atoms. The van der Waals surface area contributed by atoms with Crippen molar-refractivity contribution < 1.29 is 24.2 Å². The van der Waals surface area contributed by atoms with Gasteiger partial charge < -0.3 is 24.4 Å². The van der Waals surface area contributed by atoms with Gasteiger partial charge in [0.2, 0.25) is 0 Å². The number of rotatable bonds is 12. The van der Waals surface area contributed by atoms with E-state index in [0.717, 1.165) is 76.5 Å². The highest BCUT2D eigenvalue weighted by molar-refractivity contribution is 5.90. The van der Waals surface area contributed by atoms with Gasteiger partial charge in [-0.05, 0) is 150 Å². The summed E-state index contributed by atoms with van der Waals surface area (Å²) in [6, 6.07) is 45.5.